The van der Waals surface area contributed by atoms with Gasteiger partial charge in [0.1, 0.15) is 11.9 Å². The van der Waals surface area contributed by atoms with Gasteiger partial charge in [-0.1, -0.05) is 44.6 Å². The maximum Gasteiger partial charge on any atom is 0.274 e. The quantitative estimate of drug-likeness (QED) is 0.649. The van der Waals surface area contributed by atoms with Gasteiger partial charge in [0.15, 0.2) is 0 Å². The van der Waals surface area contributed by atoms with Crippen molar-refractivity contribution >= 4 is 11.0 Å². The molecule has 0 aliphatic heterocycles. The molecule has 4 heteroatoms. The van der Waals surface area contributed by atoms with Crippen LogP contribution in [-0.2, 0) is 6.42 Å². The highest BCUT2D eigenvalue weighted by Crippen LogP contribution is 2.14. The Morgan fingerprint density at radius 3 is 2.85 bits per heavy atom. The van der Waals surface area contributed by atoms with E-state index in [0.29, 0.717) is 12.1 Å². The Morgan fingerprint density at radius 2 is 2.15 bits per heavy atom. The van der Waals surface area contributed by atoms with Crippen LogP contribution in [0.2, 0.25) is 0 Å². The van der Waals surface area contributed by atoms with Gasteiger partial charge in [0.05, 0.1) is 11.0 Å². The molecule has 2 rings (SSSR count). The summed E-state index contributed by atoms with van der Waals surface area (Å²) in [6.45, 7) is 5.82. The number of nitrogens with zero attached hydrogens (tertiary/aromatic N) is 2. The van der Waals surface area contributed by atoms with E-state index in [9.17, 15) is 4.79 Å². The Labute approximate surface area is 118 Å². The second-order valence-corrected chi connectivity index (χ2v) is 4.91. The van der Waals surface area contributed by atoms with Crippen LogP contribution in [0.25, 0.3) is 11.0 Å². The second kappa shape index (κ2) is 6.48. The zero-order chi connectivity index (χ0) is 14.5. The van der Waals surface area contributed by atoms with E-state index in [-0.39, 0.29) is 5.56 Å². The van der Waals surface area contributed by atoms with Crippen molar-refractivity contribution in [1.82, 2.24) is 9.55 Å². The van der Waals surface area contributed by atoms with Crippen LogP contribution in [0, 0.1) is 0 Å². The van der Waals surface area contributed by atoms with Gasteiger partial charge in [-0.25, -0.2) is 4.98 Å². The molecule has 4 nitrogen and oxygen atoms in total. The number of hydrogen-bond acceptors (Lipinski definition) is 3. The molecule has 20 heavy (non-hydrogen) atoms. The number of benzene rings is 1. The Balaban J connectivity index is 2.57. The number of para-hydroxylation sites is 2. The van der Waals surface area contributed by atoms with Crippen LogP contribution in [0.15, 0.2) is 41.7 Å². The van der Waals surface area contributed by atoms with E-state index >= 15 is 0 Å². The Kier molecular flexibility index (Phi) is 4.69. The van der Waals surface area contributed by atoms with Crippen LogP contribution in [0.3, 0.4) is 0 Å². The Bertz CT molecular complexity index is 660. The third-order valence-corrected chi connectivity index (χ3v) is 3.42. The van der Waals surface area contributed by atoms with Crippen molar-refractivity contribution in [2.24, 2.45) is 5.73 Å². The lowest BCUT2D eigenvalue weighted by molar-refractivity contribution is 0.612. The number of unbranched alkanes of at least 4 members (excludes halogenated alkanes) is 2. The van der Waals surface area contributed by atoms with Gasteiger partial charge in [-0.15, -0.1) is 0 Å². The molecule has 1 aromatic carbocycles. The monoisotopic (exact) mass is 271 g/mol. The van der Waals surface area contributed by atoms with Crippen molar-refractivity contribution in [3.05, 3.63) is 53.0 Å². The van der Waals surface area contributed by atoms with Crippen LogP contribution < -0.4 is 11.3 Å². The Morgan fingerprint density at radius 1 is 1.40 bits per heavy atom. The third-order valence-electron chi connectivity index (χ3n) is 3.42. The van der Waals surface area contributed by atoms with Gasteiger partial charge in [-0.2, -0.15) is 0 Å². The molecule has 2 aromatic rings. The maximum atomic E-state index is 12.6. The molecule has 0 saturated carbocycles. The fraction of sp³-hybridized carbons (Fsp3) is 0.375. The summed E-state index contributed by atoms with van der Waals surface area (Å²) in [5, 5.41) is 0. The van der Waals surface area contributed by atoms with E-state index < -0.39 is 6.17 Å². The van der Waals surface area contributed by atoms with E-state index in [0.717, 1.165) is 30.3 Å². The minimum absolute atomic E-state index is 0.104. The predicted molar refractivity (Wildman–Crippen MR) is 82.7 cm³/mol. The number of rotatable bonds is 6. The molecule has 1 unspecified atom stereocenters. The lowest BCUT2D eigenvalue weighted by Gasteiger charge is -2.15. The molecule has 0 radical (unpaired) electrons. The molecule has 1 heterocycles. The van der Waals surface area contributed by atoms with Gasteiger partial charge in [0, 0.05) is 0 Å². The lowest BCUT2D eigenvalue weighted by Crippen LogP contribution is -2.32. The van der Waals surface area contributed by atoms with E-state index in [4.69, 9.17) is 5.73 Å². The zero-order valence-electron chi connectivity index (χ0n) is 11.9. The maximum absolute atomic E-state index is 12.6. The van der Waals surface area contributed by atoms with Crippen molar-refractivity contribution in [3.8, 4) is 0 Å². The highest BCUT2D eigenvalue weighted by atomic mass is 16.1. The first-order valence-electron chi connectivity index (χ1n) is 7.07. The van der Waals surface area contributed by atoms with Gasteiger partial charge in [0.25, 0.3) is 5.56 Å². The fourth-order valence-corrected chi connectivity index (χ4v) is 2.31. The van der Waals surface area contributed by atoms with Gasteiger partial charge in [0.2, 0.25) is 0 Å². The summed E-state index contributed by atoms with van der Waals surface area (Å²) in [6, 6.07) is 7.57. The van der Waals surface area contributed by atoms with Crippen LogP contribution in [-0.4, -0.2) is 9.55 Å². The second-order valence-electron chi connectivity index (χ2n) is 4.91. The average molecular weight is 271 g/mol. The third kappa shape index (κ3) is 2.80. The van der Waals surface area contributed by atoms with Crippen molar-refractivity contribution in [2.75, 3.05) is 0 Å². The molecule has 0 amide bonds. The standard InChI is InChI=1S/C16H21N3O/c1-3-5-6-10-13-16(20)19(15(17)4-2)14-11-8-7-9-12(14)18-13/h4,7-9,11,15H,2-3,5-6,10,17H2,1H3. The number of aryl methyl sites for hydroxylation is 1. The number of aromatic nitrogens is 2. The molecule has 0 spiro atoms. The molecule has 0 aliphatic rings. The van der Waals surface area contributed by atoms with Crippen LogP contribution in [0.1, 0.15) is 38.0 Å². The molecule has 0 bridgehead atoms. The predicted octanol–water partition coefficient (Wildman–Crippen LogP) is 2.77. The molecule has 1 aromatic heterocycles. The summed E-state index contributed by atoms with van der Waals surface area (Å²) >= 11 is 0. The fourth-order valence-electron chi connectivity index (χ4n) is 2.31. The van der Waals surface area contributed by atoms with Crippen LogP contribution in [0.4, 0.5) is 0 Å². The van der Waals surface area contributed by atoms with Crippen LogP contribution >= 0.6 is 0 Å². The van der Waals surface area contributed by atoms with E-state index in [2.05, 4.69) is 18.5 Å². The minimum Gasteiger partial charge on any atom is -0.308 e. The van der Waals surface area contributed by atoms with Gasteiger partial charge < -0.3 is 5.73 Å². The zero-order valence-corrected chi connectivity index (χ0v) is 11.9. The molecule has 0 saturated heterocycles. The summed E-state index contributed by atoms with van der Waals surface area (Å²) in [5.74, 6) is 0. The summed E-state index contributed by atoms with van der Waals surface area (Å²) in [5.41, 5.74) is 8.05. The highest BCUT2D eigenvalue weighted by Gasteiger charge is 2.13. The average Bonchev–Trinajstić information content (AvgIpc) is 2.47. The molecule has 106 valence electrons. The Hall–Kier alpha value is -1.94. The number of nitrogens with two attached hydrogens (primary N) is 1. The van der Waals surface area contributed by atoms with Gasteiger partial charge in [-0.3, -0.25) is 9.36 Å². The normalized spacial score (nSPS) is 12.5. The molecule has 0 aliphatic carbocycles. The molecule has 1 atom stereocenters. The SMILES string of the molecule is C=CC(N)n1c(=O)c(CCCCC)nc2ccccc21. The first-order valence-corrected chi connectivity index (χ1v) is 7.07. The topological polar surface area (TPSA) is 60.9 Å². The lowest BCUT2D eigenvalue weighted by atomic mass is 10.1. The molecule has 0 fully saturated rings. The molecular weight excluding hydrogens is 250 g/mol. The number of fused-ring (bicyclic) bond motifs is 1. The van der Waals surface area contributed by atoms with Crippen molar-refractivity contribution < 1.29 is 0 Å². The van der Waals surface area contributed by atoms with Crippen molar-refractivity contribution in [2.45, 2.75) is 38.8 Å². The van der Waals surface area contributed by atoms with Gasteiger partial charge >= 0.3 is 0 Å². The summed E-state index contributed by atoms with van der Waals surface area (Å²) < 4.78 is 1.58. The van der Waals surface area contributed by atoms with Crippen molar-refractivity contribution in [3.63, 3.8) is 0 Å². The smallest absolute Gasteiger partial charge is 0.274 e. The minimum atomic E-state index is -0.527. The summed E-state index contributed by atoms with van der Waals surface area (Å²) in [6.07, 6.45) is 4.93. The van der Waals surface area contributed by atoms with E-state index in [1.807, 2.05) is 24.3 Å². The first kappa shape index (κ1) is 14.5. The van der Waals surface area contributed by atoms with Crippen molar-refractivity contribution in [1.29, 1.82) is 0 Å². The van der Waals surface area contributed by atoms with E-state index in [1.54, 1.807) is 10.6 Å². The summed E-state index contributed by atoms with van der Waals surface area (Å²) in [4.78, 5) is 17.1. The largest absolute Gasteiger partial charge is 0.308 e. The summed E-state index contributed by atoms with van der Waals surface area (Å²) in [7, 11) is 0. The highest BCUT2D eigenvalue weighted by molar-refractivity contribution is 5.74. The van der Waals surface area contributed by atoms with Gasteiger partial charge in [-0.05, 0) is 25.0 Å². The van der Waals surface area contributed by atoms with E-state index in [1.165, 1.54) is 0 Å². The number of hydrogen-bond donors (Lipinski definition) is 1. The molecular formula is C16H21N3O. The van der Waals surface area contributed by atoms with Crippen LogP contribution in [0.5, 0.6) is 0 Å². The first-order chi connectivity index (χ1) is 9.69. The molecule has 2 N–H and O–H groups in total.